The number of hydrogen-bond donors (Lipinski definition) is 0. The molecule has 86 valence electrons. The summed E-state index contributed by atoms with van der Waals surface area (Å²) in [6.45, 7) is 2.17. The SMILES string of the molecule is CC12CCCCC1C(=O)c1nc(C#N)ccc12. The molecule has 0 aromatic carbocycles. The normalized spacial score (nSPS) is 30.6. The maximum absolute atomic E-state index is 12.3. The highest BCUT2D eigenvalue weighted by Crippen LogP contribution is 2.50. The molecule has 3 rings (SSSR count). The molecule has 0 N–H and O–H groups in total. The zero-order valence-electron chi connectivity index (χ0n) is 9.86. The van der Waals surface area contributed by atoms with Gasteiger partial charge in [-0.05, 0) is 24.5 Å². The summed E-state index contributed by atoms with van der Waals surface area (Å²) in [4.78, 5) is 16.5. The van der Waals surface area contributed by atoms with Crippen LogP contribution in [-0.4, -0.2) is 10.8 Å². The number of rotatable bonds is 0. The molecule has 1 aromatic heterocycles. The number of pyridine rings is 1. The Labute approximate surface area is 100 Å². The summed E-state index contributed by atoms with van der Waals surface area (Å²) in [7, 11) is 0. The molecule has 2 aliphatic carbocycles. The largest absolute Gasteiger partial charge is 0.292 e. The molecule has 1 aromatic rings. The second-order valence-corrected chi connectivity index (χ2v) is 5.28. The molecule has 0 bridgehead atoms. The van der Waals surface area contributed by atoms with E-state index in [4.69, 9.17) is 5.26 Å². The Morgan fingerprint density at radius 3 is 3.06 bits per heavy atom. The average Bonchev–Trinajstić information content (AvgIpc) is 2.59. The number of nitriles is 1. The number of carbonyl (C=O) groups is 1. The molecule has 2 atom stereocenters. The molecule has 0 aliphatic heterocycles. The average molecular weight is 226 g/mol. The predicted molar refractivity (Wildman–Crippen MR) is 62.6 cm³/mol. The minimum absolute atomic E-state index is 0.0361. The number of carbonyl (C=O) groups excluding carboxylic acids is 1. The van der Waals surface area contributed by atoms with E-state index >= 15 is 0 Å². The molecule has 2 aliphatic rings. The van der Waals surface area contributed by atoms with Crippen molar-refractivity contribution in [2.24, 2.45) is 5.92 Å². The fourth-order valence-electron chi connectivity index (χ4n) is 3.41. The number of hydrogen-bond acceptors (Lipinski definition) is 3. The molecule has 1 heterocycles. The van der Waals surface area contributed by atoms with Gasteiger partial charge in [-0.2, -0.15) is 5.26 Å². The Morgan fingerprint density at radius 2 is 2.29 bits per heavy atom. The molecule has 1 fully saturated rings. The molecule has 3 nitrogen and oxygen atoms in total. The molecule has 0 radical (unpaired) electrons. The van der Waals surface area contributed by atoms with E-state index in [2.05, 4.69) is 11.9 Å². The van der Waals surface area contributed by atoms with Gasteiger partial charge in [0.15, 0.2) is 5.78 Å². The Kier molecular flexibility index (Phi) is 2.09. The Hall–Kier alpha value is -1.69. The number of Topliss-reactive ketones (excluding diaryl/α,β-unsaturated/α-hetero) is 1. The van der Waals surface area contributed by atoms with Crippen molar-refractivity contribution in [2.75, 3.05) is 0 Å². The Bertz CT molecular complexity index is 544. The van der Waals surface area contributed by atoms with Gasteiger partial charge < -0.3 is 0 Å². The van der Waals surface area contributed by atoms with E-state index in [9.17, 15) is 4.79 Å². The van der Waals surface area contributed by atoms with Crippen LogP contribution in [0.3, 0.4) is 0 Å². The lowest BCUT2D eigenvalue weighted by atomic mass is 9.67. The zero-order chi connectivity index (χ0) is 12.0. The molecule has 2 unspecified atom stereocenters. The summed E-state index contributed by atoms with van der Waals surface area (Å²) in [6.07, 6.45) is 4.34. The fraction of sp³-hybridized carbons (Fsp3) is 0.500. The lowest BCUT2D eigenvalue weighted by Gasteiger charge is -2.35. The van der Waals surface area contributed by atoms with Gasteiger partial charge in [0.1, 0.15) is 17.5 Å². The first-order valence-electron chi connectivity index (χ1n) is 6.12. The van der Waals surface area contributed by atoms with E-state index in [1.54, 1.807) is 6.07 Å². The van der Waals surface area contributed by atoms with Crippen LogP contribution in [0, 0.1) is 17.2 Å². The van der Waals surface area contributed by atoms with Crippen LogP contribution in [0.2, 0.25) is 0 Å². The maximum Gasteiger partial charge on any atom is 0.185 e. The van der Waals surface area contributed by atoms with E-state index in [1.807, 2.05) is 12.1 Å². The van der Waals surface area contributed by atoms with Crippen molar-refractivity contribution < 1.29 is 4.79 Å². The summed E-state index contributed by atoms with van der Waals surface area (Å²) >= 11 is 0. The topological polar surface area (TPSA) is 53.8 Å². The first kappa shape index (κ1) is 10.5. The second kappa shape index (κ2) is 3.40. The van der Waals surface area contributed by atoms with E-state index in [0.717, 1.165) is 24.8 Å². The number of nitrogens with zero attached hydrogens (tertiary/aromatic N) is 2. The van der Waals surface area contributed by atoms with Crippen LogP contribution < -0.4 is 0 Å². The number of ketones is 1. The Morgan fingerprint density at radius 1 is 1.47 bits per heavy atom. The van der Waals surface area contributed by atoms with Gasteiger partial charge >= 0.3 is 0 Å². The third-order valence-electron chi connectivity index (χ3n) is 4.38. The van der Waals surface area contributed by atoms with Crippen LogP contribution in [-0.2, 0) is 5.41 Å². The van der Waals surface area contributed by atoms with Gasteiger partial charge in [0.05, 0.1) is 0 Å². The molecule has 1 saturated carbocycles. The molecular formula is C14H14N2O. The van der Waals surface area contributed by atoms with Gasteiger partial charge in [-0.3, -0.25) is 4.79 Å². The van der Waals surface area contributed by atoms with Crippen LogP contribution in [0.4, 0.5) is 0 Å². The summed E-state index contributed by atoms with van der Waals surface area (Å²) in [6, 6.07) is 5.67. The standard InChI is InChI=1S/C14H14N2O/c1-14-7-3-2-4-11(14)13(17)12-10(14)6-5-9(8-15)16-12/h5-6,11H,2-4,7H2,1H3. The van der Waals surface area contributed by atoms with Gasteiger partial charge in [-0.1, -0.05) is 25.8 Å². The van der Waals surface area contributed by atoms with Crippen LogP contribution in [0.25, 0.3) is 0 Å². The highest BCUT2D eigenvalue weighted by Gasteiger charge is 2.50. The van der Waals surface area contributed by atoms with Crippen molar-refractivity contribution in [3.63, 3.8) is 0 Å². The van der Waals surface area contributed by atoms with Gasteiger partial charge in [-0.15, -0.1) is 0 Å². The smallest absolute Gasteiger partial charge is 0.185 e. The summed E-state index contributed by atoms with van der Waals surface area (Å²) in [5, 5.41) is 8.85. The molecular weight excluding hydrogens is 212 g/mol. The van der Waals surface area contributed by atoms with Crippen LogP contribution in [0.1, 0.15) is 54.4 Å². The van der Waals surface area contributed by atoms with Crippen molar-refractivity contribution in [3.8, 4) is 6.07 Å². The first-order chi connectivity index (χ1) is 8.16. The number of aromatic nitrogens is 1. The van der Waals surface area contributed by atoms with Gasteiger partial charge in [0.25, 0.3) is 0 Å². The van der Waals surface area contributed by atoms with E-state index in [0.29, 0.717) is 11.4 Å². The van der Waals surface area contributed by atoms with E-state index in [1.165, 1.54) is 6.42 Å². The van der Waals surface area contributed by atoms with Crippen molar-refractivity contribution in [1.29, 1.82) is 5.26 Å². The van der Waals surface area contributed by atoms with Crippen molar-refractivity contribution in [2.45, 2.75) is 38.0 Å². The van der Waals surface area contributed by atoms with Gasteiger partial charge in [0, 0.05) is 11.3 Å². The summed E-state index contributed by atoms with van der Waals surface area (Å²) in [5.41, 5.74) is 1.93. The quantitative estimate of drug-likeness (QED) is 0.683. The highest BCUT2D eigenvalue weighted by molar-refractivity contribution is 6.02. The predicted octanol–water partition coefficient (Wildman–Crippen LogP) is 2.60. The minimum Gasteiger partial charge on any atom is -0.292 e. The maximum atomic E-state index is 12.3. The van der Waals surface area contributed by atoms with Gasteiger partial charge in [0.2, 0.25) is 0 Å². The lowest BCUT2D eigenvalue weighted by Crippen LogP contribution is -2.33. The van der Waals surface area contributed by atoms with Crippen molar-refractivity contribution >= 4 is 5.78 Å². The Balaban J connectivity index is 2.19. The fourth-order valence-corrected chi connectivity index (χ4v) is 3.41. The summed E-state index contributed by atoms with van der Waals surface area (Å²) < 4.78 is 0. The summed E-state index contributed by atoms with van der Waals surface area (Å²) in [5.74, 6) is 0.243. The third kappa shape index (κ3) is 1.27. The molecule has 17 heavy (non-hydrogen) atoms. The van der Waals surface area contributed by atoms with E-state index < -0.39 is 0 Å². The second-order valence-electron chi connectivity index (χ2n) is 5.28. The van der Waals surface area contributed by atoms with E-state index in [-0.39, 0.29) is 17.1 Å². The lowest BCUT2D eigenvalue weighted by molar-refractivity contribution is 0.0841. The van der Waals surface area contributed by atoms with Crippen LogP contribution >= 0.6 is 0 Å². The minimum atomic E-state index is -0.0361. The molecule has 0 saturated heterocycles. The first-order valence-corrected chi connectivity index (χ1v) is 6.12. The molecule has 0 amide bonds. The van der Waals surface area contributed by atoms with Crippen LogP contribution in [0.15, 0.2) is 12.1 Å². The van der Waals surface area contributed by atoms with Crippen molar-refractivity contribution in [3.05, 3.63) is 29.1 Å². The van der Waals surface area contributed by atoms with Crippen LogP contribution in [0.5, 0.6) is 0 Å². The van der Waals surface area contributed by atoms with Crippen molar-refractivity contribution in [1.82, 2.24) is 4.98 Å². The monoisotopic (exact) mass is 226 g/mol. The third-order valence-corrected chi connectivity index (χ3v) is 4.38. The molecule has 0 spiro atoms. The highest BCUT2D eigenvalue weighted by atomic mass is 16.1. The van der Waals surface area contributed by atoms with Gasteiger partial charge in [-0.25, -0.2) is 4.98 Å². The molecule has 3 heteroatoms. The number of fused-ring (bicyclic) bond motifs is 3. The zero-order valence-corrected chi connectivity index (χ0v) is 9.86.